The average molecular weight is 447 g/mol. The summed E-state index contributed by atoms with van der Waals surface area (Å²) in [5.41, 5.74) is 1.06. The fraction of sp³-hybridized carbons (Fsp3) is 0.308. The van der Waals surface area contributed by atoms with Crippen LogP contribution >= 0.6 is 11.3 Å². The summed E-state index contributed by atoms with van der Waals surface area (Å²) in [6.45, 7) is 5.59. The maximum absolute atomic E-state index is 13.9. The number of rotatable bonds is 3. The lowest BCUT2D eigenvalue weighted by molar-refractivity contribution is -0.157. The van der Waals surface area contributed by atoms with E-state index < -0.39 is 29.0 Å². The van der Waals surface area contributed by atoms with Gasteiger partial charge >= 0.3 is 5.97 Å². The number of hydrogen-bond donors (Lipinski definition) is 2. The zero-order valence-electron chi connectivity index (χ0n) is 18.3. The second-order valence-electron chi connectivity index (χ2n) is 9.38. The van der Waals surface area contributed by atoms with Crippen LogP contribution in [0.25, 0.3) is 0 Å². The summed E-state index contributed by atoms with van der Waals surface area (Å²) >= 11 is 1.57. The molecule has 6 heteroatoms. The number of nitrogens with one attached hydrogen (secondary N) is 2. The van der Waals surface area contributed by atoms with Crippen molar-refractivity contribution in [3.63, 3.8) is 0 Å². The molecule has 3 heterocycles. The molecule has 1 fully saturated rings. The molecule has 32 heavy (non-hydrogen) atoms. The highest BCUT2D eigenvalue weighted by Crippen LogP contribution is 2.59. The van der Waals surface area contributed by atoms with Crippen LogP contribution < -0.4 is 10.6 Å². The zero-order chi connectivity index (χ0) is 22.5. The van der Waals surface area contributed by atoms with E-state index in [1.807, 2.05) is 92.9 Å². The van der Waals surface area contributed by atoms with E-state index in [4.69, 9.17) is 4.74 Å². The van der Waals surface area contributed by atoms with Crippen LogP contribution in [0.4, 0.5) is 5.69 Å². The Morgan fingerprint density at radius 2 is 1.72 bits per heavy atom. The van der Waals surface area contributed by atoms with Gasteiger partial charge in [-0.2, -0.15) is 0 Å². The van der Waals surface area contributed by atoms with E-state index in [-0.39, 0.29) is 11.9 Å². The molecule has 0 radical (unpaired) electrons. The number of fused-ring (bicyclic) bond motifs is 2. The molecular formula is C26H26N2O3S. The first-order chi connectivity index (χ1) is 15.3. The van der Waals surface area contributed by atoms with E-state index in [1.54, 1.807) is 11.3 Å². The number of thiophene rings is 1. The molecule has 1 spiro atoms. The fourth-order valence-corrected chi connectivity index (χ4v) is 6.12. The van der Waals surface area contributed by atoms with E-state index in [0.29, 0.717) is 0 Å². The van der Waals surface area contributed by atoms with Crippen molar-refractivity contribution < 1.29 is 14.3 Å². The molecule has 2 aromatic carbocycles. The van der Waals surface area contributed by atoms with Crippen LogP contribution in [0, 0.1) is 0 Å². The van der Waals surface area contributed by atoms with Crippen molar-refractivity contribution in [2.75, 3.05) is 5.32 Å². The minimum atomic E-state index is -0.982. The number of ether oxygens (including phenoxy) is 1. The number of amides is 1. The minimum absolute atomic E-state index is 0.0930. The lowest BCUT2D eigenvalue weighted by atomic mass is 9.65. The number of carbonyl (C=O) groups excluding carboxylic acids is 2. The first kappa shape index (κ1) is 20.9. The summed E-state index contributed by atoms with van der Waals surface area (Å²) < 4.78 is 5.83. The lowest BCUT2D eigenvalue weighted by Crippen LogP contribution is -2.44. The van der Waals surface area contributed by atoms with E-state index in [9.17, 15) is 9.59 Å². The van der Waals surface area contributed by atoms with Gasteiger partial charge in [0.1, 0.15) is 17.1 Å². The summed E-state index contributed by atoms with van der Waals surface area (Å²) in [7, 11) is 0. The van der Waals surface area contributed by atoms with Gasteiger partial charge in [0.25, 0.3) is 0 Å². The standard InChI is InChI=1S/C26H26N2O3S/c1-25(2,3)31-23(29)21-20(19-14-9-15-32-19)26(22(28-21)16-10-5-4-6-11-16)17-12-7-8-13-18(17)27-24(26)30/h4-15,20-22,28H,1-3H3,(H,27,30)/t20-,21+,22-,26-/m1/s1. The first-order valence-electron chi connectivity index (χ1n) is 10.8. The van der Waals surface area contributed by atoms with Gasteiger partial charge in [-0.3, -0.25) is 14.9 Å². The molecule has 164 valence electrons. The van der Waals surface area contributed by atoms with Crippen LogP contribution in [0.5, 0.6) is 0 Å². The Balaban J connectivity index is 1.75. The Bertz CT molecular complexity index is 1150. The van der Waals surface area contributed by atoms with Gasteiger partial charge < -0.3 is 10.1 Å². The molecule has 0 saturated carbocycles. The Hall–Kier alpha value is -2.96. The molecule has 5 rings (SSSR count). The highest BCUT2D eigenvalue weighted by atomic mass is 32.1. The molecule has 2 aliphatic heterocycles. The van der Waals surface area contributed by atoms with Gasteiger partial charge in [0.2, 0.25) is 5.91 Å². The highest BCUT2D eigenvalue weighted by molar-refractivity contribution is 7.10. The third-order valence-electron chi connectivity index (χ3n) is 6.27. The van der Waals surface area contributed by atoms with Crippen molar-refractivity contribution in [2.24, 2.45) is 0 Å². The average Bonchev–Trinajstić information content (AvgIpc) is 3.46. The predicted octanol–water partition coefficient (Wildman–Crippen LogP) is 4.78. The van der Waals surface area contributed by atoms with Crippen LogP contribution in [-0.4, -0.2) is 23.5 Å². The third-order valence-corrected chi connectivity index (χ3v) is 7.22. The summed E-state index contributed by atoms with van der Waals surface area (Å²) in [5, 5.41) is 8.64. The highest BCUT2D eigenvalue weighted by Gasteiger charge is 2.66. The maximum Gasteiger partial charge on any atom is 0.324 e. The minimum Gasteiger partial charge on any atom is -0.459 e. The van der Waals surface area contributed by atoms with Gasteiger partial charge in [0, 0.05) is 16.5 Å². The van der Waals surface area contributed by atoms with Crippen molar-refractivity contribution in [1.82, 2.24) is 5.32 Å². The number of carbonyl (C=O) groups is 2. The second-order valence-corrected chi connectivity index (χ2v) is 10.4. The van der Waals surface area contributed by atoms with Crippen molar-refractivity contribution in [1.29, 1.82) is 0 Å². The quantitative estimate of drug-likeness (QED) is 0.569. The van der Waals surface area contributed by atoms with E-state index in [0.717, 1.165) is 21.7 Å². The van der Waals surface area contributed by atoms with Gasteiger partial charge in [-0.15, -0.1) is 11.3 Å². The van der Waals surface area contributed by atoms with Crippen molar-refractivity contribution in [3.8, 4) is 0 Å². The Kier molecular flexibility index (Phi) is 4.95. The van der Waals surface area contributed by atoms with E-state index in [1.165, 1.54) is 0 Å². The first-order valence-corrected chi connectivity index (χ1v) is 11.7. The Morgan fingerprint density at radius 1 is 1.00 bits per heavy atom. The van der Waals surface area contributed by atoms with Crippen molar-refractivity contribution >= 4 is 28.9 Å². The molecule has 5 nitrogen and oxygen atoms in total. The monoisotopic (exact) mass is 446 g/mol. The van der Waals surface area contributed by atoms with Gasteiger partial charge in [0.15, 0.2) is 0 Å². The second kappa shape index (κ2) is 7.57. The van der Waals surface area contributed by atoms with Crippen LogP contribution in [0.3, 0.4) is 0 Å². The molecule has 2 N–H and O–H groups in total. The van der Waals surface area contributed by atoms with Crippen molar-refractivity contribution in [2.45, 2.75) is 49.8 Å². The zero-order valence-corrected chi connectivity index (χ0v) is 19.1. The Morgan fingerprint density at radius 3 is 2.41 bits per heavy atom. The number of anilines is 1. The summed E-state index contributed by atoms with van der Waals surface area (Å²) in [6.07, 6.45) is 0. The maximum atomic E-state index is 13.9. The summed E-state index contributed by atoms with van der Waals surface area (Å²) in [6, 6.07) is 20.6. The molecule has 1 amide bonds. The van der Waals surface area contributed by atoms with Gasteiger partial charge in [-0.1, -0.05) is 54.6 Å². The molecule has 0 bridgehead atoms. The topological polar surface area (TPSA) is 67.4 Å². The molecule has 1 saturated heterocycles. The Labute approximate surface area is 191 Å². The fourth-order valence-electron chi connectivity index (χ4n) is 5.18. The molecule has 3 aromatic rings. The smallest absolute Gasteiger partial charge is 0.324 e. The van der Waals surface area contributed by atoms with Crippen molar-refractivity contribution in [3.05, 3.63) is 88.1 Å². The van der Waals surface area contributed by atoms with E-state index in [2.05, 4.69) is 10.6 Å². The van der Waals surface area contributed by atoms with E-state index >= 15 is 0 Å². The molecule has 0 aliphatic carbocycles. The normalized spacial score (nSPS) is 26.7. The molecular weight excluding hydrogens is 420 g/mol. The molecule has 4 atom stereocenters. The van der Waals surface area contributed by atoms with Crippen LogP contribution in [0.2, 0.25) is 0 Å². The third kappa shape index (κ3) is 3.17. The van der Waals surface area contributed by atoms with Crippen LogP contribution in [0.15, 0.2) is 72.1 Å². The molecule has 0 unspecified atom stereocenters. The number of benzene rings is 2. The summed E-state index contributed by atoms with van der Waals surface area (Å²) in [5.74, 6) is -0.846. The molecule has 1 aromatic heterocycles. The predicted molar refractivity (Wildman–Crippen MR) is 126 cm³/mol. The number of esters is 1. The summed E-state index contributed by atoms with van der Waals surface area (Å²) in [4.78, 5) is 28.4. The van der Waals surface area contributed by atoms with Gasteiger partial charge in [-0.05, 0) is 49.4 Å². The number of para-hydroxylation sites is 1. The lowest BCUT2D eigenvalue weighted by Gasteiger charge is -2.34. The SMILES string of the molecule is CC(C)(C)OC(=O)[C@H]1N[C@H](c2ccccc2)[C@]2(C(=O)Nc3ccccc32)[C@@H]1c1cccs1. The van der Waals surface area contributed by atoms with Gasteiger partial charge in [-0.25, -0.2) is 0 Å². The van der Waals surface area contributed by atoms with Crippen LogP contribution in [-0.2, 0) is 19.7 Å². The van der Waals surface area contributed by atoms with Crippen LogP contribution in [0.1, 0.15) is 48.7 Å². The number of hydrogen-bond acceptors (Lipinski definition) is 5. The largest absolute Gasteiger partial charge is 0.459 e. The van der Waals surface area contributed by atoms with Gasteiger partial charge in [0.05, 0.1) is 6.04 Å². The molecule has 2 aliphatic rings.